The van der Waals surface area contributed by atoms with Crippen molar-refractivity contribution in [3.63, 3.8) is 0 Å². The van der Waals surface area contributed by atoms with Crippen LogP contribution in [0.2, 0.25) is 0 Å². The highest BCUT2D eigenvalue weighted by Gasteiger charge is 2.07. The van der Waals surface area contributed by atoms with Gasteiger partial charge in [-0.05, 0) is 18.2 Å². The van der Waals surface area contributed by atoms with Crippen LogP contribution in [0, 0.1) is 0 Å². The van der Waals surface area contributed by atoms with Crippen molar-refractivity contribution in [3.8, 4) is 11.3 Å². The van der Waals surface area contributed by atoms with Crippen LogP contribution < -0.4 is 0 Å². The van der Waals surface area contributed by atoms with Crippen molar-refractivity contribution >= 4 is 26.7 Å². The van der Waals surface area contributed by atoms with E-state index in [1.54, 1.807) is 6.26 Å². The zero-order chi connectivity index (χ0) is 11.0. The largest absolute Gasteiger partial charge is 0.463 e. The monoisotopic (exact) mass is 272 g/mol. The summed E-state index contributed by atoms with van der Waals surface area (Å²) in [6.45, 7) is 0. The topological polar surface area (TPSA) is 13.1 Å². The van der Waals surface area contributed by atoms with Crippen LogP contribution in [-0.2, 0) is 0 Å². The molecule has 0 radical (unpaired) electrons. The van der Waals surface area contributed by atoms with Gasteiger partial charge in [0.1, 0.15) is 5.76 Å². The van der Waals surface area contributed by atoms with Gasteiger partial charge in [0.25, 0.3) is 0 Å². The van der Waals surface area contributed by atoms with Gasteiger partial charge in [-0.2, -0.15) is 0 Å². The first-order valence-electron chi connectivity index (χ1n) is 5.07. The smallest absolute Gasteiger partial charge is 0.141 e. The SMILES string of the molecule is Brc1ccc2c(-c3ccccc3)occ2c1. The summed E-state index contributed by atoms with van der Waals surface area (Å²) in [6, 6.07) is 16.3. The van der Waals surface area contributed by atoms with Crippen molar-refractivity contribution in [1.82, 2.24) is 0 Å². The van der Waals surface area contributed by atoms with E-state index in [1.165, 1.54) is 0 Å². The maximum atomic E-state index is 5.64. The molecular formula is C14H9BrO. The molecule has 0 atom stereocenters. The molecule has 3 aromatic rings. The second-order valence-electron chi connectivity index (χ2n) is 3.66. The fraction of sp³-hybridized carbons (Fsp3) is 0. The Bertz CT molecular complexity index is 626. The predicted molar refractivity (Wildman–Crippen MR) is 69.4 cm³/mol. The summed E-state index contributed by atoms with van der Waals surface area (Å²) in [6.07, 6.45) is 1.79. The average Bonchev–Trinajstić information content (AvgIpc) is 2.73. The van der Waals surface area contributed by atoms with Crippen LogP contribution in [0.4, 0.5) is 0 Å². The van der Waals surface area contributed by atoms with E-state index >= 15 is 0 Å². The molecule has 0 aliphatic rings. The lowest BCUT2D eigenvalue weighted by Crippen LogP contribution is -1.73. The Morgan fingerprint density at radius 1 is 0.938 bits per heavy atom. The zero-order valence-corrected chi connectivity index (χ0v) is 10.1. The highest BCUT2D eigenvalue weighted by molar-refractivity contribution is 9.10. The number of furan rings is 1. The summed E-state index contributed by atoms with van der Waals surface area (Å²) in [4.78, 5) is 0. The molecule has 1 heterocycles. The van der Waals surface area contributed by atoms with Crippen molar-refractivity contribution in [1.29, 1.82) is 0 Å². The van der Waals surface area contributed by atoms with Gasteiger partial charge in [0.15, 0.2) is 0 Å². The first kappa shape index (κ1) is 9.67. The minimum Gasteiger partial charge on any atom is -0.463 e. The third kappa shape index (κ3) is 1.55. The van der Waals surface area contributed by atoms with Gasteiger partial charge in [-0.25, -0.2) is 0 Å². The van der Waals surface area contributed by atoms with Gasteiger partial charge < -0.3 is 4.42 Å². The quantitative estimate of drug-likeness (QED) is 0.617. The lowest BCUT2D eigenvalue weighted by molar-refractivity contribution is 0.587. The van der Waals surface area contributed by atoms with Crippen LogP contribution in [0.5, 0.6) is 0 Å². The summed E-state index contributed by atoms with van der Waals surface area (Å²) in [5.41, 5.74) is 1.11. The number of benzene rings is 2. The Kier molecular flexibility index (Phi) is 2.29. The molecule has 0 amide bonds. The van der Waals surface area contributed by atoms with Crippen molar-refractivity contribution in [2.75, 3.05) is 0 Å². The number of hydrogen-bond donors (Lipinski definition) is 0. The van der Waals surface area contributed by atoms with Crippen molar-refractivity contribution in [2.24, 2.45) is 0 Å². The van der Waals surface area contributed by atoms with Crippen LogP contribution in [0.3, 0.4) is 0 Å². The van der Waals surface area contributed by atoms with Crippen molar-refractivity contribution in [3.05, 3.63) is 59.3 Å². The molecule has 0 fully saturated rings. The zero-order valence-electron chi connectivity index (χ0n) is 8.48. The Balaban J connectivity index is 2.26. The fourth-order valence-corrected chi connectivity index (χ4v) is 2.22. The first-order valence-corrected chi connectivity index (χ1v) is 5.86. The van der Waals surface area contributed by atoms with Gasteiger partial charge in [-0.3, -0.25) is 0 Å². The van der Waals surface area contributed by atoms with E-state index in [2.05, 4.69) is 40.2 Å². The van der Waals surface area contributed by atoms with E-state index in [0.717, 1.165) is 26.6 Å². The van der Waals surface area contributed by atoms with E-state index < -0.39 is 0 Å². The molecule has 2 heteroatoms. The van der Waals surface area contributed by atoms with Gasteiger partial charge >= 0.3 is 0 Å². The summed E-state index contributed by atoms with van der Waals surface area (Å²) in [7, 11) is 0. The Morgan fingerprint density at radius 3 is 2.56 bits per heavy atom. The van der Waals surface area contributed by atoms with Crippen LogP contribution in [0.25, 0.3) is 22.1 Å². The van der Waals surface area contributed by atoms with Crippen LogP contribution in [-0.4, -0.2) is 0 Å². The molecule has 0 bridgehead atoms. The molecule has 0 saturated heterocycles. The van der Waals surface area contributed by atoms with E-state index in [-0.39, 0.29) is 0 Å². The standard InChI is InChI=1S/C14H9BrO/c15-12-6-7-13-11(8-12)9-16-14(13)10-4-2-1-3-5-10/h1-9H. The number of rotatable bonds is 1. The fourth-order valence-electron chi connectivity index (χ4n) is 1.84. The molecule has 78 valence electrons. The molecule has 0 spiro atoms. The molecule has 0 aliphatic carbocycles. The number of fused-ring (bicyclic) bond motifs is 1. The Labute approximate surface area is 102 Å². The van der Waals surface area contributed by atoms with E-state index in [0.29, 0.717) is 0 Å². The van der Waals surface area contributed by atoms with E-state index in [4.69, 9.17) is 4.42 Å². The number of halogens is 1. The Hall–Kier alpha value is -1.54. The second-order valence-corrected chi connectivity index (χ2v) is 4.58. The van der Waals surface area contributed by atoms with Gasteiger partial charge in [0, 0.05) is 20.8 Å². The molecule has 0 saturated carbocycles. The van der Waals surface area contributed by atoms with Gasteiger partial charge in [-0.15, -0.1) is 0 Å². The molecule has 0 aliphatic heterocycles. The third-order valence-corrected chi connectivity index (χ3v) is 3.09. The van der Waals surface area contributed by atoms with E-state index in [9.17, 15) is 0 Å². The summed E-state index contributed by atoms with van der Waals surface area (Å²) in [5.74, 6) is 0.933. The highest BCUT2D eigenvalue weighted by Crippen LogP contribution is 2.31. The molecular weight excluding hydrogens is 264 g/mol. The van der Waals surface area contributed by atoms with Crippen molar-refractivity contribution in [2.45, 2.75) is 0 Å². The van der Waals surface area contributed by atoms with Crippen LogP contribution in [0.15, 0.2) is 63.7 Å². The predicted octanol–water partition coefficient (Wildman–Crippen LogP) is 4.86. The summed E-state index contributed by atoms with van der Waals surface area (Å²) in [5, 5.41) is 2.27. The minimum atomic E-state index is 0.933. The molecule has 0 N–H and O–H groups in total. The first-order chi connectivity index (χ1) is 7.84. The molecule has 2 aromatic carbocycles. The molecule has 1 nitrogen and oxygen atoms in total. The average molecular weight is 273 g/mol. The lowest BCUT2D eigenvalue weighted by Gasteiger charge is -1.97. The van der Waals surface area contributed by atoms with Crippen LogP contribution in [0.1, 0.15) is 0 Å². The maximum Gasteiger partial charge on any atom is 0.141 e. The minimum absolute atomic E-state index is 0.933. The highest BCUT2D eigenvalue weighted by atomic mass is 79.9. The summed E-state index contributed by atoms with van der Waals surface area (Å²) >= 11 is 3.46. The van der Waals surface area contributed by atoms with Gasteiger partial charge in [0.05, 0.1) is 6.26 Å². The number of hydrogen-bond acceptors (Lipinski definition) is 1. The second kappa shape index (κ2) is 3.80. The van der Waals surface area contributed by atoms with Gasteiger partial charge in [-0.1, -0.05) is 46.3 Å². The molecule has 3 rings (SSSR count). The van der Waals surface area contributed by atoms with Gasteiger partial charge in [0.2, 0.25) is 0 Å². The van der Waals surface area contributed by atoms with Crippen molar-refractivity contribution < 1.29 is 4.42 Å². The molecule has 1 aromatic heterocycles. The normalized spacial score (nSPS) is 10.8. The summed E-state index contributed by atoms with van der Waals surface area (Å²) < 4.78 is 6.71. The maximum absolute atomic E-state index is 5.64. The Morgan fingerprint density at radius 2 is 1.75 bits per heavy atom. The molecule has 0 unspecified atom stereocenters. The van der Waals surface area contributed by atoms with Crippen LogP contribution >= 0.6 is 15.9 Å². The molecule has 16 heavy (non-hydrogen) atoms. The van der Waals surface area contributed by atoms with E-state index in [1.807, 2.05) is 24.3 Å². The third-order valence-electron chi connectivity index (χ3n) is 2.60. The lowest BCUT2D eigenvalue weighted by atomic mass is 10.1.